The monoisotopic (exact) mass is 352 g/mol. The van der Waals surface area contributed by atoms with E-state index in [4.69, 9.17) is 9.15 Å². The Bertz CT molecular complexity index is 1040. The Morgan fingerprint density at radius 3 is 2.80 bits per heavy atom. The van der Waals surface area contributed by atoms with Crippen molar-refractivity contribution in [3.8, 4) is 17.2 Å². The van der Waals surface area contributed by atoms with Gasteiger partial charge >= 0.3 is 6.01 Å². The summed E-state index contributed by atoms with van der Waals surface area (Å²) in [7, 11) is 1.60. The lowest BCUT2D eigenvalue weighted by Gasteiger charge is -2.01. The van der Waals surface area contributed by atoms with Gasteiger partial charge < -0.3 is 9.15 Å². The molecule has 8 heteroatoms. The summed E-state index contributed by atoms with van der Waals surface area (Å²) < 4.78 is 11.6. The predicted molar refractivity (Wildman–Crippen MR) is 93.9 cm³/mol. The predicted octanol–water partition coefficient (Wildman–Crippen LogP) is 3.61. The van der Waals surface area contributed by atoms with Gasteiger partial charge in [-0.25, -0.2) is 4.98 Å². The molecule has 0 unspecified atom stereocenters. The molecule has 0 atom stereocenters. The lowest BCUT2D eigenvalue weighted by atomic mass is 10.2. The molecule has 0 aliphatic carbocycles. The number of fused-ring (bicyclic) bond motifs is 1. The van der Waals surface area contributed by atoms with E-state index in [-0.39, 0.29) is 11.9 Å². The highest BCUT2D eigenvalue weighted by atomic mass is 32.1. The van der Waals surface area contributed by atoms with Gasteiger partial charge in [-0.2, -0.15) is 0 Å². The Morgan fingerprint density at radius 2 is 2.00 bits per heavy atom. The Balaban J connectivity index is 1.52. The Morgan fingerprint density at radius 1 is 1.16 bits per heavy atom. The third-order valence-corrected chi connectivity index (χ3v) is 4.37. The Hall–Kier alpha value is -3.26. The normalized spacial score (nSPS) is 10.8. The second-order valence-corrected chi connectivity index (χ2v) is 6.02. The van der Waals surface area contributed by atoms with Crippen molar-refractivity contribution in [1.29, 1.82) is 0 Å². The zero-order valence-corrected chi connectivity index (χ0v) is 13.9. The van der Waals surface area contributed by atoms with Crippen LogP contribution in [0, 0.1) is 0 Å². The van der Waals surface area contributed by atoms with Crippen LogP contribution >= 0.6 is 11.3 Å². The highest BCUT2D eigenvalue weighted by molar-refractivity contribution is 7.16. The van der Waals surface area contributed by atoms with Crippen LogP contribution < -0.4 is 10.1 Å². The van der Waals surface area contributed by atoms with Crippen LogP contribution in [0.1, 0.15) is 10.4 Å². The van der Waals surface area contributed by atoms with Crippen LogP contribution in [-0.2, 0) is 0 Å². The van der Waals surface area contributed by atoms with Crippen molar-refractivity contribution in [2.45, 2.75) is 0 Å². The van der Waals surface area contributed by atoms with Gasteiger partial charge in [0.25, 0.3) is 5.91 Å². The van der Waals surface area contributed by atoms with Gasteiger partial charge in [0.15, 0.2) is 0 Å². The molecule has 0 radical (unpaired) electrons. The Labute approximate surface area is 146 Å². The number of carbonyl (C=O) groups excluding carboxylic acids is 1. The van der Waals surface area contributed by atoms with Gasteiger partial charge in [0.1, 0.15) is 5.75 Å². The number of thiazole rings is 1. The summed E-state index contributed by atoms with van der Waals surface area (Å²) in [6.45, 7) is 0. The number of aromatic nitrogens is 3. The van der Waals surface area contributed by atoms with E-state index in [2.05, 4.69) is 20.5 Å². The molecule has 25 heavy (non-hydrogen) atoms. The van der Waals surface area contributed by atoms with Gasteiger partial charge in [-0.1, -0.05) is 5.10 Å². The average molecular weight is 352 g/mol. The number of methoxy groups -OCH3 is 1. The summed E-state index contributed by atoms with van der Waals surface area (Å²) >= 11 is 1.48. The second kappa shape index (κ2) is 6.33. The van der Waals surface area contributed by atoms with Crippen molar-refractivity contribution in [2.24, 2.45) is 0 Å². The molecule has 1 amide bonds. The van der Waals surface area contributed by atoms with E-state index in [1.54, 1.807) is 55.1 Å². The molecule has 124 valence electrons. The Kier molecular flexibility index (Phi) is 3.87. The molecule has 0 saturated carbocycles. The van der Waals surface area contributed by atoms with E-state index in [1.807, 2.05) is 0 Å². The molecule has 0 spiro atoms. The molecule has 0 fully saturated rings. The van der Waals surface area contributed by atoms with Crippen molar-refractivity contribution < 1.29 is 13.9 Å². The van der Waals surface area contributed by atoms with E-state index in [9.17, 15) is 4.79 Å². The van der Waals surface area contributed by atoms with Crippen LogP contribution in [0.4, 0.5) is 6.01 Å². The molecule has 4 rings (SSSR count). The summed E-state index contributed by atoms with van der Waals surface area (Å²) in [6, 6.07) is 12.5. The number of benzene rings is 2. The zero-order valence-electron chi connectivity index (χ0n) is 13.1. The standard InChI is InChI=1S/C17H12N4O3S/c1-23-12-5-2-10(3-6-12)16-20-21-17(24-16)19-15(22)11-4-7-13-14(8-11)25-9-18-13/h2-9H,1H3,(H,19,21,22). The lowest BCUT2D eigenvalue weighted by Crippen LogP contribution is -2.11. The fourth-order valence-electron chi connectivity index (χ4n) is 2.29. The first-order valence-corrected chi connectivity index (χ1v) is 8.23. The average Bonchev–Trinajstić information content (AvgIpc) is 3.30. The van der Waals surface area contributed by atoms with Gasteiger partial charge in [0.2, 0.25) is 5.89 Å². The van der Waals surface area contributed by atoms with Crippen LogP contribution in [0.2, 0.25) is 0 Å². The number of nitrogens with one attached hydrogen (secondary N) is 1. The zero-order chi connectivity index (χ0) is 17.2. The summed E-state index contributed by atoms with van der Waals surface area (Å²) in [5.74, 6) is 0.728. The molecular formula is C17H12N4O3S. The highest BCUT2D eigenvalue weighted by Crippen LogP contribution is 2.23. The number of ether oxygens (including phenoxy) is 1. The van der Waals surface area contributed by atoms with E-state index < -0.39 is 0 Å². The second-order valence-electron chi connectivity index (χ2n) is 5.13. The number of anilines is 1. The van der Waals surface area contributed by atoms with Crippen LogP contribution in [-0.4, -0.2) is 28.2 Å². The van der Waals surface area contributed by atoms with Crippen molar-refractivity contribution in [1.82, 2.24) is 15.2 Å². The van der Waals surface area contributed by atoms with Crippen molar-refractivity contribution >= 4 is 33.5 Å². The van der Waals surface area contributed by atoms with Crippen molar-refractivity contribution in [3.63, 3.8) is 0 Å². The molecule has 0 aliphatic rings. The first-order valence-electron chi connectivity index (χ1n) is 7.35. The number of carbonyl (C=O) groups is 1. The molecule has 7 nitrogen and oxygen atoms in total. The molecule has 4 aromatic rings. The van der Waals surface area contributed by atoms with Gasteiger partial charge in [0.05, 0.1) is 22.8 Å². The summed E-state index contributed by atoms with van der Waals surface area (Å²) in [4.78, 5) is 16.5. The minimum atomic E-state index is -0.319. The number of nitrogens with zero attached hydrogens (tertiary/aromatic N) is 3. The molecule has 2 aromatic carbocycles. The smallest absolute Gasteiger partial charge is 0.322 e. The van der Waals surface area contributed by atoms with E-state index in [0.29, 0.717) is 11.5 Å². The topological polar surface area (TPSA) is 90.1 Å². The minimum absolute atomic E-state index is 0.0419. The van der Waals surface area contributed by atoms with E-state index in [0.717, 1.165) is 21.5 Å². The first kappa shape index (κ1) is 15.3. The minimum Gasteiger partial charge on any atom is -0.497 e. The maximum absolute atomic E-state index is 12.3. The van der Waals surface area contributed by atoms with Crippen LogP contribution in [0.5, 0.6) is 5.75 Å². The molecule has 0 saturated heterocycles. The molecule has 0 bridgehead atoms. The lowest BCUT2D eigenvalue weighted by molar-refractivity contribution is 0.102. The molecular weight excluding hydrogens is 340 g/mol. The number of hydrogen-bond donors (Lipinski definition) is 1. The van der Waals surface area contributed by atoms with Crippen LogP contribution in [0.3, 0.4) is 0 Å². The number of amides is 1. The van der Waals surface area contributed by atoms with Crippen molar-refractivity contribution in [3.05, 3.63) is 53.5 Å². The molecule has 0 aliphatic heterocycles. The fraction of sp³-hybridized carbons (Fsp3) is 0.0588. The molecule has 1 N–H and O–H groups in total. The highest BCUT2D eigenvalue weighted by Gasteiger charge is 2.13. The number of rotatable bonds is 4. The SMILES string of the molecule is COc1ccc(-c2nnc(NC(=O)c3ccc4ncsc4c3)o2)cc1. The first-order chi connectivity index (χ1) is 12.2. The largest absolute Gasteiger partial charge is 0.497 e. The van der Waals surface area contributed by atoms with Crippen molar-refractivity contribution in [2.75, 3.05) is 12.4 Å². The quantitative estimate of drug-likeness (QED) is 0.603. The maximum atomic E-state index is 12.3. The van der Waals surface area contributed by atoms with E-state index in [1.165, 1.54) is 11.3 Å². The third kappa shape index (κ3) is 3.07. The van der Waals surface area contributed by atoms with Gasteiger partial charge in [-0.05, 0) is 42.5 Å². The maximum Gasteiger partial charge on any atom is 0.322 e. The van der Waals surface area contributed by atoms with E-state index >= 15 is 0 Å². The summed E-state index contributed by atoms with van der Waals surface area (Å²) in [6.07, 6.45) is 0. The third-order valence-electron chi connectivity index (χ3n) is 3.58. The van der Waals surface area contributed by atoms with Crippen LogP contribution in [0.15, 0.2) is 52.4 Å². The van der Waals surface area contributed by atoms with Crippen LogP contribution in [0.25, 0.3) is 21.7 Å². The van der Waals surface area contributed by atoms with Gasteiger partial charge in [0, 0.05) is 11.1 Å². The van der Waals surface area contributed by atoms with Gasteiger partial charge in [-0.3, -0.25) is 10.1 Å². The fourth-order valence-corrected chi connectivity index (χ4v) is 3.01. The molecule has 2 aromatic heterocycles. The number of hydrogen-bond acceptors (Lipinski definition) is 7. The summed E-state index contributed by atoms with van der Waals surface area (Å²) in [5, 5.41) is 10.4. The van der Waals surface area contributed by atoms with Gasteiger partial charge in [-0.15, -0.1) is 16.4 Å². The summed E-state index contributed by atoms with van der Waals surface area (Å²) in [5.41, 5.74) is 3.84. The molecule has 2 heterocycles.